The average Bonchev–Trinajstić information content (AvgIpc) is 2.31. The van der Waals surface area contributed by atoms with Crippen molar-refractivity contribution in [1.82, 2.24) is 10.2 Å². The third-order valence-corrected chi connectivity index (χ3v) is 2.87. The van der Waals surface area contributed by atoms with E-state index in [-0.39, 0.29) is 37.2 Å². The standard InChI is InChI=1S/C12H19N3.3ClH/c13-9-11-1-3-12(4-2-11)10-15-7-5-14-6-8-15;;;/h1-4,14H,5-10,13H2;3*1H. The van der Waals surface area contributed by atoms with Gasteiger partial charge in [0.15, 0.2) is 0 Å². The van der Waals surface area contributed by atoms with Crippen LogP contribution in [0.3, 0.4) is 0 Å². The highest BCUT2D eigenvalue weighted by molar-refractivity contribution is 5.86. The first kappa shape index (κ1) is 20.3. The molecule has 106 valence electrons. The zero-order valence-electron chi connectivity index (χ0n) is 10.3. The van der Waals surface area contributed by atoms with Crippen molar-refractivity contribution in [2.24, 2.45) is 5.73 Å². The van der Waals surface area contributed by atoms with Gasteiger partial charge in [-0.3, -0.25) is 4.90 Å². The smallest absolute Gasteiger partial charge is 0.0234 e. The van der Waals surface area contributed by atoms with Crippen LogP contribution in [0.5, 0.6) is 0 Å². The summed E-state index contributed by atoms with van der Waals surface area (Å²) >= 11 is 0. The number of benzene rings is 1. The van der Waals surface area contributed by atoms with Crippen molar-refractivity contribution in [3.8, 4) is 0 Å². The van der Waals surface area contributed by atoms with E-state index in [0.29, 0.717) is 6.54 Å². The summed E-state index contributed by atoms with van der Waals surface area (Å²) in [6.45, 7) is 6.22. The monoisotopic (exact) mass is 313 g/mol. The van der Waals surface area contributed by atoms with Gasteiger partial charge in [0.25, 0.3) is 0 Å². The third-order valence-electron chi connectivity index (χ3n) is 2.87. The van der Waals surface area contributed by atoms with E-state index in [4.69, 9.17) is 5.73 Å². The van der Waals surface area contributed by atoms with Crippen LogP contribution < -0.4 is 11.1 Å². The molecule has 0 saturated carbocycles. The number of piperazine rings is 1. The van der Waals surface area contributed by atoms with Crippen LogP contribution in [-0.4, -0.2) is 31.1 Å². The summed E-state index contributed by atoms with van der Waals surface area (Å²) in [4.78, 5) is 2.48. The number of nitrogens with two attached hydrogens (primary N) is 1. The Morgan fingerprint density at radius 2 is 1.44 bits per heavy atom. The molecule has 2 rings (SSSR count). The second-order valence-electron chi connectivity index (χ2n) is 4.05. The van der Waals surface area contributed by atoms with Gasteiger partial charge in [0, 0.05) is 39.3 Å². The summed E-state index contributed by atoms with van der Waals surface area (Å²) in [5.41, 5.74) is 8.16. The van der Waals surface area contributed by atoms with Crippen LogP contribution >= 0.6 is 37.2 Å². The van der Waals surface area contributed by atoms with Crippen LogP contribution in [0.2, 0.25) is 0 Å². The Hall–Kier alpha value is -0.0300. The molecule has 1 aromatic rings. The fraction of sp³-hybridized carbons (Fsp3) is 0.500. The van der Waals surface area contributed by atoms with E-state index in [1.165, 1.54) is 11.1 Å². The Morgan fingerprint density at radius 3 is 1.94 bits per heavy atom. The van der Waals surface area contributed by atoms with Crippen LogP contribution in [0.25, 0.3) is 0 Å². The predicted octanol–water partition coefficient (Wildman–Crippen LogP) is 1.82. The van der Waals surface area contributed by atoms with Crippen molar-refractivity contribution in [2.75, 3.05) is 26.2 Å². The maximum absolute atomic E-state index is 5.57. The Bertz CT molecular complexity index is 300. The van der Waals surface area contributed by atoms with Gasteiger partial charge in [0.1, 0.15) is 0 Å². The van der Waals surface area contributed by atoms with Crippen molar-refractivity contribution >= 4 is 37.2 Å². The number of hydrogen-bond donors (Lipinski definition) is 2. The first-order valence-corrected chi connectivity index (χ1v) is 5.59. The molecule has 1 aliphatic rings. The van der Waals surface area contributed by atoms with E-state index < -0.39 is 0 Å². The van der Waals surface area contributed by atoms with E-state index >= 15 is 0 Å². The van der Waals surface area contributed by atoms with Crippen LogP contribution in [0.4, 0.5) is 0 Å². The van der Waals surface area contributed by atoms with Crippen LogP contribution in [0.1, 0.15) is 11.1 Å². The molecule has 1 heterocycles. The molecule has 0 amide bonds. The van der Waals surface area contributed by atoms with E-state index in [1.54, 1.807) is 0 Å². The molecule has 0 bridgehead atoms. The second-order valence-corrected chi connectivity index (χ2v) is 4.05. The topological polar surface area (TPSA) is 41.3 Å². The molecular weight excluding hydrogens is 293 g/mol. The summed E-state index contributed by atoms with van der Waals surface area (Å²) in [5, 5.41) is 3.36. The minimum atomic E-state index is 0. The van der Waals surface area contributed by atoms with Crippen LogP contribution in [0, 0.1) is 0 Å². The maximum atomic E-state index is 5.57. The van der Waals surface area contributed by atoms with Gasteiger partial charge in [0.2, 0.25) is 0 Å². The molecule has 0 spiro atoms. The van der Waals surface area contributed by atoms with Gasteiger partial charge in [-0.1, -0.05) is 24.3 Å². The Labute approximate surface area is 128 Å². The molecule has 3 nitrogen and oxygen atoms in total. The fourth-order valence-corrected chi connectivity index (χ4v) is 1.91. The zero-order valence-corrected chi connectivity index (χ0v) is 12.8. The number of rotatable bonds is 3. The highest BCUT2D eigenvalue weighted by Gasteiger charge is 2.09. The molecule has 1 fully saturated rings. The van der Waals surface area contributed by atoms with Crippen molar-refractivity contribution < 1.29 is 0 Å². The molecule has 1 saturated heterocycles. The maximum Gasteiger partial charge on any atom is 0.0234 e. The molecule has 1 aromatic carbocycles. The highest BCUT2D eigenvalue weighted by atomic mass is 35.5. The number of nitrogens with zero attached hydrogens (tertiary/aromatic N) is 1. The largest absolute Gasteiger partial charge is 0.326 e. The summed E-state index contributed by atoms with van der Waals surface area (Å²) in [6.07, 6.45) is 0. The molecule has 1 aliphatic heterocycles. The molecule has 0 unspecified atom stereocenters. The lowest BCUT2D eigenvalue weighted by molar-refractivity contribution is 0.233. The van der Waals surface area contributed by atoms with Gasteiger partial charge >= 0.3 is 0 Å². The summed E-state index contributed by atoms with van der Waals surface area (Å²) < 4.78 is 0. The molecule has 0 aliphatic carbocycles. The normalized spacial score (nSPS) is 14.9. The number of hydrogen-bond acceptors (Lipinski definition) is 3. The molecule has 0 atom stereocenters. The highest BCUT2D eigenvalue weighted by Crippen LogP contribution is 2.07. The minimum Gasteiger partial charge on any atom is -0.326 e. The van der Waals surface area contributed by atoms with Gasteiger partial charge in [-0.25, -0.2) is 0 Å². The lowest BCUT2D eigenvalue weighted by Crippen LogP contribution is -2.42. The molecular formula is C12H22Cl3N3. The van der Waals surface area contributed by atoms with E-state index in [1.807, 2.05) is 0 Å². The predicted molar refractivity (Wildman–Crippen MR) is 84.2 cm³/mol. The molecule has 3 N–H and O–H groups in total. The molecule has 18 heavy (non-hydrogen) atoms. The Kier molecular flexibility index (Phi) is 12.2. The zero-order chi connectivity index (χ0) is 10.5. The summed E-state index contributed by atoms with van der Waals surface area (Å²) in [7, 11) is 0. The van der Waals surface area contributed by atoms with Crippen LogP contribution in [0.15, 0.2) is 24.3 Å². The number of nitrogens with one attached hydrogen (secondary N) is 1. The molecule has 0 aromatic heterocycles. The van der Waals surface area contributed by atoms with Crippen molar-refractivity contribution in [3.05, 3.63) is 35.4 Å². The van der Waals surface area contributed by atoms with E-state index in [0.717, 1.165) is 32.7 Å². The van der Waals surface area contributed by atoms with Crippen molar-refractivity contribution in [1.29, 1.82) is 0 Å². The van der Waals surface area contributed by atoms with Gasteiger partial charge in [-0.2, -0.15) is 0 Å². The minimum absolute atomic E-state index is 0. The number of halogens is 3. The van der Waals surface area contributed by atoms with Crippen LogP contribution in [-0.2, 0) is 13.1 Å². The fourth-order valence-electron chi connectivity index (χ4n) is 1.91. The first-order valence-electron chi connectivity index (χ1n) is 5.59. The quantitative estimate of drug-likeness (QED) is 0.894. The average molecular weight is 315 g/mol. The SMILES string of the molecule is Cl.Cl.Cl.NCc1ccc(CN2CCNCC2)cc1. The Balaban J connectivity index is 0. The van der Waals surface area contributed by atoms with Gasteiger partial charge in [-0.05, 0) is 11.1 Å². The molecule has 0 radical (unpaired) electrons. The molecule has 6 heteroatoms. The van der Waals surface area contributed by atoms with Crippen molar-refractivity contribution in [3.63, 3.8) is 0 Å². The van der Waals surface area contributed by atoms with Gasteiger partial charge in [0.05, 0.1) is 0 Å². The second kappa shape index (κ2) is 10.9. The lowest BCUT2D eigenvalue weighted by Gasteiger charge is -2.27. The third kappa shape index (κ3) is 6.23. The summed E-state index contributed by atoms with van der Waals surface area (Å²) in [5.74, 6) is 0. The summed E-state index contributed by atoms with van der Waals surface area (Å²) in [6, 6.07) is 8.61. The Morgan fingerprint density at radius 1 is 0.944 bits per heavy atom. The van der Waals surface area contributed by atoms with Crippen molar-refractivity contribution in [2.45, 2.75) is 13.1 Å². The van der Waals surface area contributed by atoms with Gasteiger partial charge < -0.3 is 11.1 Å². The van der Waals surface area contributed by atoms with Gasteiger partial charge in [-0.15, -0.1) is 37.2 Å². The lowest BCUT2D eigenvalue weighted by atomic mass is 10.1. The van der Waals surface area contributed by atoms with E-state index in [2.05, 4.69) is 34.5 Å². The first-order chi connectivity index (χ1) is 7.38. The van der Waals surface area contributed by atoms with E-state index in [9.17, 15) is 0 Å².